The Balaban J connectivity index is 2.62. The van der Waals surface area contributed by atoms with E-state index in [1.54, 1.807) is 39.8 Å². The third-order valence-electron chi connectivity index (χ3n) is 1.98. The lowest BCUT2D eigenvalue weighted by atomic mass is 10.1. The second kappa shape index (κ2) is 5.62. The van der Waals surface area contributed by atoms with Gasteiger partial charge in [0, 0.05) is 0 Å². The summed E-state index contributed by atoms with van der Waals surface area (Å²) in [6, 6.07) is 5.85. The fourth-order valence-electron chi connectivity index (χ4n) is 1.19. The number of hydrogen-bond donors (Lipinski definition) is 1. The van der Waals surface area contributed by atoms with E-state index in [-0.39, 0.29) is 5.82 Å². The fraction of sp³-hybridized carbons (Fsp3) is 0.385. The molecule has 0 aliphatic heterocycles. The first-order valence-electron chi connectivity index (χ1n) is 5.57. The third kappa shape index (κ3) is 4.95. The molecule has 0 atom stereocenters. The largest absolute Gasteiger partial charge is 0.443 e. The van der Waals surface area contributed by atoms with Gasteiger partial charge in [-0.15, -0.1) is 0 Å². The molecule has 0 spiro atoms. The van der Waals surface area contributed by atoms with Crippen LogP contribution < -0.4 is 5.43 Å². The van der Waals surface area contributed by atoms with Crippen molar-refractivity contribution in [3.63, 3.8) is 0 Å². The van der Waals surface area contributed by atoms with E-state index in [2.05, 4.69) is 10.5 Å². The Morgan fingerprint density at radius 2 is 1.83 bits per heavy atom. The minimum atomic E-state index is -0.621. The van der Waals surface area contributed by atoms with Crippen LogP contribution in [0, 0.1) is 5.82 Å². The zero-order valence-corrected chi connectivity index (χ0v) is 11.0. The summed E-state index contributed by atoms with van der Waals surface area (Å²) in [6.07, 6.45) is -0.621. The van der Waals surface area contributed by atoms with E-state index in [1.807, 2.05) is 0 Å². The van der Waals surface area contributed by atoms with Crippen LogP contribution in [0.2, 0.25) is 0 Å². The molecule has 0 saturated heterocycles. The maximum atomic E-state index is 12.7. The monoisotopic (exact) mass is 252 g/mol. The first-order valence-corrected chi connectivity index (χ1v) is 5.57. The van der Waals surface area contributed by atoms with Crippen molar-refractivity contribution in [3.05, 3.63) is 35.6 Å². The standard InChI is InChI=1S/C13H17FN2O2/c1-9(10-5-7-11(14)8-6-10)15-16-12(17)18-13(2,3)4/h5-8H,1-4H3,(H,16,17)/b15-9+. The highest BCUT2D eigenvalue weighted by Crippen LogP contribution is 2.07. The van der Waals surface area contributed by atoms with Gasteiger partial charge in [-0.3, -0.25) is 0 Å². The second-order valence-electron chi connectivity index (χ2n) is 4.82. The average molecular weight is 252 g/mol. The minimum Gasteiger partial charge on any atom is -0.443 e. The first-order chi connectivity index (χ1) is 8.28. The van der Waals surface area contributed by atoms with Crippen LogP contribution in [-0.4, -0.2) is 17.4 Å². The first kappa shape index (κ1) is 14.2. The molecule has 0 bridgehead atoms. The van der Waals surface area contributed by atoms with E-state index >= 15 is 0 Å². The number of carbonyl (C=O) groups excluding carboxylic acids is 1. The number of hydrazone groups is 1. The number of carbonyl (C=O) groups is 1. The van der Waals surface area contributed by atoms with Crippen LogP contribution in [0.4, 0.5) is 9.18 Å². The average Bonchev–Trinajstić information content (AvgIpc) is 2.24. The molecule has 1 aromatic rings. The summed E-state index contributed by atoms with van der Waals surface area (Å²) in [7, 11) is 0. The molecule has 0 aliphatic rings. The topological polar surface area (TPSA) is 50.7 Å². The quantitative estimate of drug-likeness (QED) is 0.649. The second-order valence-corrected chi connectivity index (χ2v) is 4.82. The molecule has 98 valence electrons. The number of halogens is 1. The molecular weight excluding hydrogens is 235 g/mol. The van der Waals surface area contributed by atoms with Crippen LogP contribution in [0.15, 0.2) is 29.4 Å². The van der Waals surface area contributed by atoms with Gasteiger partial charge in [-0.1, -0.05) is 12.1 Å². The molecule has 0 aliphatic carbocycles. The number of rotatable bonds is 2. The van der Waals surface area contributed by atoms with Crippen LogP contribution in [0.3, 0.4) is 0 Å². The van der Waals surface area contributed by atoms with Crippen molar-refractivity contribution in [2.24, 2.45) is 5.10 Å². The normalized spacial score (nSPS) is 12.2. The van der Waals surface area contributed by atoms with Gasteiger partial charge in [0.05, 0.1) is 5.71 Å². The van der Waals surface area contributed by atoms with Crippen molar-refractivity contribution >= 4 is 11.8 Å². The van der Waals surface area contributed by atoms with E-state index in [0.29, 0.717) is 5.71 Å². The predicted molar refractivity (Wildman–Crippen MR) is 68.0 cm³/mol. The number of amides is 1. The molecular formula is C13H17FN2O2. The molecule has 4 nitrogen and oxygen atoms in total. The molecule has 0 unspecified atom stereocenters. The summed E-state index contributed by atoms with van der Waals surface area (Å²) < 4.78 is 17.7. The molecule has 1 aromatic carbocycles. The summed E-state index contributed by atoms with van der Waals surface area (Å²) in [4.78, 5) is 11.3. The highest BCUT2D eigenvalue weighted by molar-refractivity contribution is 5.98. The third-order valence-corrected chi connectivity index (χ3v) is 1.98. The van der Waals surface area contributed by atoms with Crippen molar-refractivity contribution < 1.29 is 13.9 Å². The van der Waals surface area contributed by atoms with Gasteiger partial charge in [0.25, 0.3) is 0 Å². The van der Waals surface area contributed by atoms with Crippen molar-refractivity contribution in [2.45, 2.75) is 33.3 Å². The summed E-state index contributed by atoms with van der Waals surface area (Å²) >= 11 is 0. The molecule has 0 saturated carbocycles. The summed E-state index contributed by atoms with van der Waals surface area (Å²) in [5, 5.41) is 3.88. The van der Waals surface area contributed by atoms with Crippen LogP contribution in [-0.2, 0) is 4.74 Å². The van der Waals surface area contributed by atoms with E-state index in [9.17, 15) is 9.18 Å². The molecule has 0 heterocycles. The van der Waals surface area contributed by atoms with Gasteiger partial charge in [0.1, 0.15) is 11.4 Å². The Hall–Kier alpha value is -1.91. The van der Waals surface area contributed by atoms with Gasteiger partial charge < -0.3 is 4.74 Å². The lowest BCUT2D eigenvalue weighted by Crippen LogP contribution is -2.30. The number of ether oxygens (including phenoxy) is 1. The zero-order valence-electron chi connectivity index (χ0n) is 11.0. The minimum absolute atomic E-state index is 0.313. The number of nitrogens with zero attached hydrogens (tertiary/aromatic N) is 1. The molecule has 5 heteroatoms. The number of nitrogens with one attached hydrogen (secondary N) is 1. The van der Waals surface area contributed by atoms with E-state index in [0.717, 1.165) is 5.56 Å². The molecule has 1 N–H and O–H groups in total. The van der Waals surface area contributed by atoms with Crippen LogP contribution >= 0.6 is 0 Å². The van der Waals surface area contributed by atoms with Crippen LogP contribution in [0.1, 0.15) is 33.3 Å². The van der Waals surface area contributed by atoms with Gasteiger partial charge in [-0.25, -0.2) is 14.6 Å². The molecule has 1 amide bonds. The fourth-order valence-corrected chi connectivity index (χ4v) is 1.19. The molecule has 0 fully saturated rings. The molecule has 18 heavy (non-hydrogen) atoms. The van der Waals surface area contributed by atoms with Gasteiger partial charge in [0.15, 0.2) is 0 Å². The SMILES string of the molecule is C/C(=N\NC(=O)OC(C)(C)C)c1ccc(F)cc1. The smallest absolute Gasteiger partial charge is 0.428 e. The number of benzene rings is 1. The van der Waals surface area contributed by atoms with E-state index < -0.39 is 11.7 Å². The molecule has 0 radical (unpaired) electrons. The summed E-state index contributed by atoms with van der Waals surface area (Å²) in [5.74, 6) is -0.313. The maximum Gasteiger partial charge on any atom is 0.428 e. The van der Waals surface area contributed by atoms with Gasteiger partial charge in [-0.2, -0.15) is 5.10 Å². The number of hydrogen-bond acceptors (Lipinski definition) is 3. The maximum absolute atomic E-state index is 12.7. The Labute approximate surface area is 106 Å². The van der Waals surface area contributed by atoms with Crippen molar-refractivity contribution in [1.29, 1.82) is 0 Å². The molecule has 0 aromatic heterocycles. The van der Waals surface area contributed by atoms with Crippen molar-refractivity contribution in [1.82, 2.24) is 5.43 Å². The predicted octanol–water partition coefficient (Wildman–Crippen LogP) is 3.07. The summed E-state index contributed by atoms with van der Waals surface area (Å²) in [6.45, 7) is 7.01. The molecule has 1 rings (SSSR count). The van der Waals surface area contributed by atoms with Crippen molar-refractivity contribution in [3.8, 4) is 0 Å². The van der Waals surface area contributed by atoms with Crippen LogP contribution in [0.5, 0.6) is 0 Å². The zero-order chi connectivity index (χ0) is 13.8. The highest BCUT2D eigenvalue weighted by Gasteiger charge is 2.15. The Morgan fingerprint density at radius 1 is 1.28 bits per heavy atom. The Kier molecular flexibility index (Phi) is 4.42. The van der Waals surface area contributed by atoms with Gasteiger partial charge in [-0.05, 0) is 45.4 Å². The lowest BCUT2D eigenvalue weighted by Gasteiger charge is -2.18. The highest BCUT2D eigenvalue weighted by atomic mass is 19.1. The lowest BCUT2D eigenvalue weighted by molar-refractivity contribution is 0.0529. The Morgan fingerprint density at radius 3 is 2.33 bits per heavy atom. The summed E-state index contributed by atoms with van der Waals surface area (Å²) in [5.41, 5.74) is 3.02. The van der Waals surface area contributed by atoms with Crippen molar-refractivity contribution in [2.75, 3.05) is 0 Å². The van der Waals surface area contributed by atoms with E-state index in [4.69, 9.17) is 4.74 Å². The Bertz CT molecular complexity index is 447. The van der Waals surface area contributed by atoms with E-state index in [1.165, 1.54) is 12.1 Å². The van der Waals surface area contributed by atoms with Gasteiger partial charge in [0.2, 0.25) is 0 Å². The van der Waals surface area contributed by atoms with Crippen LogP contribution in [0.25, 0.3) is 0 Å². The van der Waals surface area contributed by atoms with Gasteiger partial charge >= 0.3 is 6.09 Å².